The van der Waals surface area contributed by atoms with Gasteiger partial charge in [0.2, 0.25) is 5.91 Å². The molecule has 146 valence electrons. The number of aromatic nitrogens is 2. The van der Waals surface area contributed by atoms with Gasteiger partial charge in [0.25, 0.3) is 0 Å². The van der Waals surface area contributed by atoms with Gasteiger partial charge in [-0.1, -0.05) is 13.8 Å². The second kappa shape index (κ2) is 7.74. The lowest BCUT2D eigenvalue weighted by Gasteiger charge is -2.13. The van der Waals surface area contributed by atoms with Gasteiger partial charge in [-0.05, 0) is 30.0 Å². The quantitative estimate of drug-likeness (QED) is 0.413. The smallest absolute Gasteiger partial charge is 0.390 e. The molecule has 0 aliphatic rings. The van der Waals surface area contributed by atoms with Gasteiger partial charge in [-0.25, -0.2) is 8.42 Å². The zero-order chi connectivity index (χ0) is 20.4. The Morgan fingerprint density at radius 3 is 2.63 bits per heavy atom. The summed E-state index contributed by atoms with van der Waals surface area (Å²) in [7, 11) is -3.49. The number of aromatic hydroxyl groups is 1. The maximum atomic E-state index is 12.4. The zero-order valence-electron chi connectivity index (χ0n) is 15.0. The molecule has 2 rings (SSSR count). The van der Waals surface area contributed by atoms with E-state index < -0.39 is 26.6 Å². The molecule has 1 heterocycles. The Labute approximate surface area is 155 Å². The van der Waals surface area contributed by atoms with Gasteiger partial charge in [-0.15, -0.1) is 0 Å². The normalized spacial score (nSPS) is 12.6. The highest BCUT2D eigenvalue weighted by atomic mass is 32.2. The first-order valence-corrected chi connectivity index (χ1v) is 9.76. The van der Waals surface area contributed by atoms with Gasteiger partial charge in [0.05, 0.1) is 45.7 Å². The fraction of sp³-hybridized carbons (Fsp3) is 0.375. The van der Waals surface area contributed by atoms with Crippen molar-refractivity contribution in [3.8, 4) is 5.75 Å². The van der Waals surface area contributed by atoms with Gasteiger partial charge < -0.3 is 20.5 Å². The summed E-state index contributed by atoms with van der Waals surface area (Å²) in [6.07, 6.45) is 0. The first-order chi connectivity index (χ1) is 12.5. The molecular formula is C16H20N4O6S. The molecule has 0 spiro atoms. The van der Waals surface area contributed by atoms with Crippen molar-refractivity contribution in [1.29, 1.82) is 0 Å². The Kier molecular flexibility index (Phi) is 5.84. The molecule has 1 aromatic carbocycles. The summed E-state index contributed by atoms with van der Waals surface area (Å²) in [5.74, 6) is -1.83. The fourth-order valence-electron chi connectivity index (χ4n) is 2.34. The van der Waals surface area contributed by atoms with Gasteiger partial charge >= 0.3 is 5.82 Å². The van der Waals surface area contributed by atoms with Crippen molar-refractivity contribution >= 4 is 27.2 Å². The number of carbonyl (C=O) groups excluding carboxylic acids is 1. The molecule has 0 aliphatic heterocycles. The van der Waals surface area contributed by atoms with Crippen LogP contribution in [0.3, 0.4) is 0 Å². The Morgan fingerprint density at radius 2 is 2.07 bits per heavy atom. The lowest BCUT2D eigenvalue weighted by atomic mass is 10.1. The molecule has 1 aromatic heterocycles. The molecule has 27 heavy (non-hydrogen) atoms. The molecule has 0 radical (unpaired) electrons. The van der Waals surface area contributed by atoms with E-state index in [9.17, 15) is 28.4 Å². The number of phenolic OH excluding ortho intramolecular Hbond substituents is 1. The number of nitro groups is 1. The molecule has 0 aliphatic carbocycles. The van der Waals surface area contributed by atoms with Crippen LogP contribution in [0.2, 0.25) is 0 Å². The fourth-order valence-corrected chi connectivity index (χ4v) is 3.25. The van der Waals surface area contributed by atoms with E-state index in [4.69, 9.17) is 0 Å². The number of carbonyl (C=O) groups is 1. The molecule has 2 aromatic rings. The highest BCUT2D eigenvalue weighted by Crippen LogP contribution is 2.27. The van der Waals surface area contributed by atoms with E-state index in [0.29, 0.717) is 5.69 Å². The maximum Gasteiger partial charge on any atom is 0.390 e. The Balaban J connectivity index is 2.17. The first kappa shape index (κ1) is 20.4. The van der Waals surface area contributed by atoms with Crippen LogP contribution in [-0.2, 0) is 21.2 Å². The van der Waals surface area contributed by atoms with Crippen molar-refractivity contribution < 1.29 is 23.2 Å². The standard InChI is InChI=1S/C16H20N4O6S/c1-4-27(25,26)12-5-6-14(21)13(8-12)17-16(22)10(2)9-19-11(3)7-15(18-19)20(23)24/h5-8,10,21H,4,9H2,1-3H3,(H,17,22). The maximum absolute atomic E-state index is 12.4. The predicted octanol–water partition coefficient (Wildman–Crippen LogP) is 1.87. The molecule has 2 N–H and O–H groups in total. The number of rotatable bonds is 7. The molecule has 0 fully saturated rings. The van der Waals surface area contributed by atoms with Crippen molar-refractivity contribution in [2.75, 3.05) is 11.1 Å². The Morgan fingerprint density at radius 1 is 1.41 bits per heavy atom. The number of hydrogen-bond donors (Lipinski definition) is 2. The minimum Gasteiger partial charge on any atom is -0.506 e. The van der Waals surface area contributed by atoms with Gasteiger partial charge in [-0.2, -0.15) is 4.68 Å². The zero-order valence-corrected chi connectivity index (χ0v) is 15.9. The third-order valence-electron chi connectivity index (χ3n) is 4.01. The van der Waals surface area contributed by atoms with Crippen LogP contribution in [0.4, 0.5) is 11.5 Å². The van der Waals surface area contributed by atoms with Crippen LogP contribution in [0.5, 0.6) is 5.75 Å². The van der Waals surface area contributed by atoms with Gasteiger partial charge in [-0.3, -0.25) is 4.79 Å². The SMILES string of the molecule is CCS(=O)(=O)c1ccc(O)c(NC(=O)C(C)Cn2nc([N+](=O)[O-])cc2C)c1. The molecule has 0 bridgehead atoms. The van der Waals surface area contributed by atoms with Crippen LogP contribution in [0.15, 0.2) is 29.2 Å². The van der Waals surface area contributed by atoms with Crippen LogP contribution in [0, 0.1) is 23.0 Å². The van der Waals surface area contributed by atoms with E-state index in [1.165, 1.54) is 35.9 Å². The van der Waals surface area contributed by atoms with E-state index in [2.05, 4.69) is 10.4 Å². The lowest BCUT2D eigenvalue weighted by Crippen LogP contribution is -2.25. The summed E-state index contributed by atoms with van der Waals surface area (Å²) in [5.41, 5.74) is 0.504. The number of benzene rings is 1. The van der Waals surface area contributed by atoms with Crippen LogP contribution in [0.25, 0.3) is 0 Å². The molecular weight excluding hydrogens is 376 g/mol. The van der Waals surface area contributed by atoms with Gasteiger partial charge in [0.1, 0.15) is 5.75 Å². The molecule has 0 saturated carbocycles. The summed E-state index contributed by atoms with van der Waals surface area (Å²) in [5, 5.41) is 27.0. The number of aryl methyl sites for hydroxylation is 1. The third kappa shape index (κ3) is 4.61. The Hall–Kier alpha value is -2.95. The van der Waals surface area contributed by atoms with Crippen molar-refractivity contribution in [1.82, 2.24) is 9.78 Å². The van der Waals surface area contributed by atoms with Gasteiger partial charge in [0, 0.05) is 0 Å². The number of nitrogens with zero attached hydrogens (tertiary/aromatic N) is 3. The number of phenols is 1. The summed E-state index contributed by atoms with van der Waals surface area (Å²) < 4.78 is 25.3. The van der Waals surface area contributed by atoms with E-state index >= 15 is 0 Å². The Bertz CT molecular complexity index is 983. The van der Waals surface area contributed by atoms with E-state index in [1.807, 2.05) is 0 Å². The molecule has 10 nitrogen and oxygen atoms in total. The van der Waals surface area contributed by atoms with E-state index in [1.54, 1.807) is 13.8 Å². The highest BCUT2D eigenvalue weighted by molar-refractivity contribution is 7.91. The topological polar surface area (TPSA) is 144 Å². The second-order valence-corrected chi connectivity index (χ2v) is 8.33. The number of nitrogens with one attached hydrogen (secondary N) is 1. The van der Waals surface area contributed by atoms with Gasteiger partial charge in [0.15, 0.2) is 9.84 Å². The van der Waals surface area contributed by atoms with Crippen LogP contribution in [-0.4, -0.2) is 39.9 Å². The summed E-state index contributed by atoms with van der Waals surface area (Å²) in [6, 6.07) is 4.96. The summed E-state index contributed by atoms with van der Waals surface area (Å²) in [6.45, 7) is 4.80. The van der Waals surface area contributed by atoms with Crippen LogP contribution < -0.4 is 5.32 Å². The predicted molar refractivity (Wildman–Crippen MR) is 97.2 cm³/mol. The molecule has 1 amide bonds. The minimum atomic E-state index is -3.49. The third-order valence-corrected chi connectivity index (χ3v) is 5.75. The molecule has 0 saturated heterocycles. The largest absolute Gasteiger partial charge is 0.506 e. The second-order valence-electron chi connectivity index (χ2n) is 6.06. The molecule has 1 unspecified atom stereocenters. The number of anilines is 1. The van der Waals surface area contributed by atoms with E-state index in [0.717, 1.165) is 0 Å². The van der Waals surface area contributed by atoms with E-state index in [-0.39, 0.29) is 34.4 Å². The average molecular weight is 396 g/mol. The minimum absolute atomic E-state index is 0.00991. The van der Waals surface area contributed by atoms with Crippen molar-refractivity contribution in [3.05, 3.63) is 40.1 Å². The molecule has 1 atom stereocenters. The van der Waals surface area contributed by atoms with Crippen molar-refractivity contribution in [3.63, 3.8) is 0 Å². The first-order valence-electron chi connectivity index (χ1n) is 8.10. The van der Waals surface area contributed by atoms with Crippen molar-refractivity contribution in [2.24, 2.45) is 5.92 Å². The lowest BCUT2D eigenvalue weighted by molar-refractivity contribution is -0.389. The van der Waals surface area contributed by atoms with Crippen LogP contribution >= 0.6 is 0 Å². The summed E-state index contributed by atoms with van der Waals surface area (Å²) in [4.78, 5) is 22.6. The number of hydrogen-bond acceptors (Lipinski definition) is 7. The van der Waals surface area contributed by atoms with Crippen molar-refractivity contribution in [2.45, 2.75) is 32.2 Å². The average Bonchev–Trinajstić information content (AvgIpc) is 2.97. The van der Waals surface area contributed by atoms with Crippen LogP contribution in [0.1, 0.15) is 19.5 Å². The summed E-state index contributed by atoms with van der Waals surface area (Å²) >= 11 is 0. The molecule has 11 heteroatoms. The number of amides is 1. The highest BCUT2D eigenvalue weighted by Gasteiger charge is 2.22. The number of sulfone groups is 1. The monoisotopic (exact) mass is 396 g/mol.